The number of fused-ring (bicyclic) bond motifs is 4. The van der Waals surface area contributed by atoms with E-state index in [9.17, 15) is 34.5 Å². The number of methoxy groups -OCH3 is 1. The maximum atomic E-state index is 13.6. The van der Waals surface area contributed by atoms with E-state index in [4.69, 9.17) is 37.6 Å². The predicted molar refractivity (Wildman–Crippen MR) is 153 cm³/mol. The zero-order chi connectivity index (χ0) is 34.8. The topological polar surface area (TPSA) is 207 Å². The molecule has 8 rings (SSSR count). The number of furan rings is 1. The number of rotatable bonds is 5. The van der Waals surface area contributed by atoms with Crippen molar-refractivity contribution in [2.45, 2.75) is 113 Å². The minimum atomic E-state index is -2.47. The van der Waals surface area contributed by atoms with Crippen LogP contribution in [-0.2, 0) is 52.3 Å². The quantitative estimate of drug-likeness (QED) is 0.291. The van der Waals surface area contributed by atoms with Crippen molar-refractivity contribution >= 4 is 23.9 Å². The molecule has 0 aromatic carbocycles. The maximum Gasteiger partial charge on any atom is 0.335 e. The highest BCUT2D eigenvalue weighted by molar-refractivity contribution is 5.86. The highest BCUT2D eigenvalue weighted by Crippen LogP contribution is 2.88. The molecule has 4 bridgehead atoms. The Hall–Kier alpha value is -3.34. The number of carbonyl (C=O) groups is 4. The van der Waals surface area contributed by atoms with Crippen LogP contribution in [0.1, 0.15) is 66.1 Å². The van der Waals surface area contributed by atoms with Crippen LogP contribution in [0, 0.1) is 22.2 Å². The normalized spacial score (nSPS) is 52.5. The second-order valence-corrected chi connectivity index (χ2v) is 15.1. The third kappa shape index (κ3) is 2.98. The Morgan fingerprint density at radius 2 is 1.73 bits per heavy atom. The molecule has 2 saturated heterocycles. The van der Waals surface area contributed by atoms with Gasteiger partial charge in [0.15, 0.2) is 17.3 Å². The Bertz CT molecular complexity index is 1710. The lowest BCUT2D eigenvalue weighted by Gasteiger charge is -2.76. The van der Waals surface area contributed by atoms with Crippen LogP contribution in [0.2, 0.25) is 0 Å². The summed E-state index contributed by atoms with van der Waals surface area (Å²) < 4.78 is 48.2. The first-order chi connectivity index (χ1) is 22.3. The summed E-state index contributed by atoms with van der Waals surface area (Å²) in [5.41, 5.74) is -12.8. The number of cyclic esters (lactones) is 1. The van der Waals surface area contributed by atoms with Gasteiger partial charge in [0.2, 0.25) is 0 Å². The molecular weight excluding hydrogens is 636 g/mol. The fraction of sp³-hybridized carbons (Fsp3) is 0.697. The molecule has 1 aromatic heterocycles. The highest BCUT2D eigenvalue weighted by atomic mass is 16.9. The Kier molecular flexibility index (Phi) is 5.89. The molecule has 0 radical (unpaired) electrons. The molecule has 4 saturated carbocycles. The monoisotopic (exact) mass is 674 g/mol. The van der Waals surface area contributed by atoms with E-state index < -0.39 is 105 Å². The number of ether oxygens (including phenoxy) is 7. The molecule has 15 nitrogen and oxygen atoms in total. The van der Waals surface area contributed by atoms with Gasteiger partial charge in [-0.05, 0) is 25.0 Å². The van der Waals surface area contributed by atoms with Crippen molar-refractivity contribution in [1.82, 2.24) is 0 Å². The molecule has 1 spiro atoms. The molecule has 260 valence electrons. The van der Waals surface area contributed by atoms with Crippen molar-refractivity contribution in [2.24, 2.45) is 22.2 Å². The van der Waals surface area contributed by atoms with Crippen LogP contribution in [0.3, 0.4) is 0 Å². The van der Waals surface area contributed by atoms with Gasteiger partial charge in [-0.3, -0.25) is 9.59 Å². The van der Waals surface area contributed by atoms with E-state index in [0.717, 1.165) is 14.0 Å². The second kappa shape index (κ2) is 8.87. The molecule has 4 aliphatic carbocycles. The summed E-state index contributed by atoms with van der Waals surface area (Å²) in [6.45, 7) is 8.71. The van der Waals surface area contributed by atoms with Crippen LogP contribution in [0.25, 0.3) is 0 Å². The average molecular weight is 675 g/mol. The number of esters is 4. The van der Waals surface area contributed by atoms with Gasteiger partial charge in [0.25, 0.3) is 5.97 Å². The van der Waals surface area contributed by atoms with Crippen LogP contribution in [0.4, 0.5) is 0 Å². The standard InChI is InChI=1S/C33H38O15/c1-14(34)43-18-11-31-28(5)21(20(37)23(38)41-7)26(3)13-30(28,39)32(40,24(26)44-15(2)35)25-33(31,48-29(6,46-25)47-31)17-10-19(36)45-22(27(17,18)4)16-8-9-42-12-16/h8-10,12,18,20-22,24-25,37,39-40H,11,13H2,1-7H3/t18-,20?,21?,22+,24-,25+,26-,27-,28+,29-,30+,31-,32-,33+/m1/s1. The molecule has 14 atom stereocenters. The highest BCUT2D eigenvalue weighted by Gasteiger charge is 3.03. The Balaban J connectivity index is 1.49. The molecule has 7 aliphatic rings. The predicted octanol–water partition coefficient (Wildman–Crippen LogP) is 0.730. The van der Waals surface area contributed by atoms with Gasteiger partial charge in [-0.1, -0.05) is 13.8 Å². The van der Waals surface area contributed by atoms with Gasteiger partial charge in [-0.25, -0.2) is 9.59 Å². The van der Waals surface area contributed by atoms with E-state index >= 15 is 0 Å². The molecule has 6 fully saturated rings. The lowest BCUT2D eigenvalue weighted by molar-refractivity contribution is -0.449. The number of aliphatic hydroxyl groups excluding tert-OH is 1. The lowest BCUT2D eigenvalue weighted by Crippen LogP contribution is -2.93. The smallest absolute Gasteiger partial charge is 0.335 e. The first kappa shape index (κ1) is 31.9. The lowest BCUT2D eigenvalue weighted by atomic mass is 9.34. The zero-order valence-electron chi connectivity index (χ0n) is 27.4. The summed E-state index contributed by atoms with van der Waals surface area (Å²) in [7, 11) is 1.10. The number of aliphatic hydroxyl groups is 3. The Morgan fingerprint density at radius 1 is 1.04 bits per heavy atom. The minimum absolute atomic E-state index is 0.159. The van der Waals surface area contributed by atoms with E-state index in [1.54, 1.807) is 26.8 Å². The van der Waals surface area contributed by atoms with Crippen molar-refractivity contribution in [2.75, 3.05) is 7.11 Å². The second-order valence-electron chi connectivity index (χ2n) is 15.1. The van der Waals surface area contributed by atoms with Crippen molar-refractivity contribution in [3.63, 3.8) is 0 Å². The molecular formula is C33H38O15. The van der Waals surface area contributed by atoms with Gasteiger partial charge in [-0.15, -0.1) is 0 Å². The molecule has 15 heteroatoms. The summed E-state index contributed by atoms with van der Waals surface area (Å²) >= 11 is 0. The van der Waals surface area contributed by atoms with Gasteiger partial charge in [0, 0.05) is 55.6 Å². The van der Waals surface area contributed by atoms with Gasteiger partial charge in [0.05, 0.1) is 25.1 Å². The third-order valence-electron chi connectivity index (χ3n) is 13.1. The van der Waals surface area contributed by atoms with Gasteiger partial charge < -0.3 is 52.9 Å². The van der Waals surface area contributed by atoms with Crippen LogP contribution >= 0.6 is 0 Å². The van der Waals surface area contributed by atoms with Crippen molar-refractivity contribution in [3.8, 4) is 0 Å². The minimum Gasteiger partial charge on any atom is -0.472 e. The van der Waals surface area contributed by atoms with Gasteiger partial charge in [0.1, 0.15) is 35.6 Å². The molecule has 4 heterocycles. The van der Waals surface area contributed by atoms with Crippen molar-refractivity contribution in [3.05, 3.63) is 35.8 Å². The number of hydrogen-bond donors (Lipinski definition) is 3. The Labute approximate surface area is 274 Å². The third-order valence-corrected chi connectivity index (χ3v) is 13.1. The molecule has 1 aromatic rings. The first-order valence-electron chi connectivity index (χ1n) is 15.9. The fourth-order valence-corrected chi connectivity index (χ4v) is 11.9. The van der Waals surface area contributed by atoms with Gasteiger partial charge in [-0.2, -0.15) is 0 Å². The molecule has 2 unspecified atom stereocenters. The molecule has 0 amide bonds. The number of carbonyl (C=O) groups excluding carboxylic acids is 4. The number of hydrogen-bond acceptors (Lipinski definition) is 15. The molecule has 3 N–H and O–H groups in total. The average Bonchev–Trinajstić information content (AvgIpc) is 3.76. The van der Waals surface area contributed by atoms with E-state index in [-0.39, 0.29) is 18.4 Å². The molecule has 48 heavy (non-hydrogen) atoms. The van der Waals surface area contributed by atoms with E-state index in [1.165, 1.54) is 32.4 Å². The summed E-state index contributed by atoms with van der Waals surface area (Å²) in [5, 5.41) is 38.2. The van der Waals surface area contributed by atoms with Crippen molar-refractivity contribution < 1.29 is 72.1 Å². The van der Waals surface area contributed by atoms with Crippen molar-refractivity contribution in [1.29, 1.82) is 0 Å². The van der Waals surface area contributed by atoms with Crippen LogP contribution < -0.4 is 0 Å². The summed E-state index contributed by atoms with van der Waals surface area (Å²) in [4.78, 5) is 52.4. The van der Waals surface area contributed by atoms with E-state index in [2.05, 4.69) is 0 Å². The van der Waals surface area contributed by atoms with Crippen LogP contribution in [0.5, 0.6) is 0 Å². The SMILES string of the molecule is COC(=O)C(O)C1[C@@]2(C)[C@@]3(O)C[C@@]1(C)[C@@H](OC(C)=O)[C@@]3(O)[C@@H]1O[C@]3(C)O[C@]24C[C@@H](OC(C)=O)[C@@]2(C)C(=CC(=O)O[C@H]2c2ccoc2)[C@]14O3. The van der Waals surface area contributed by atoms with Crippen LogP contribution in [0.15, 0.2) is 34.7 Å². The Morgan fingerprint density at radius 3 is 2.33 bits per heavy atom. The van der Waals surface area contributed by atoms with Crippen LogP contribution in [-0.4, -0.2) is 99.1 Å². The largest absolute Gasteiger partial charge is 0.472 e. The summed E-state index contributed by atoms with van der Waals surface area (Å²) in [6.07, 6.45) is -3.88. The van der Waals surface area contributed by atoms with Gasteiger partial charge >= 0.3 is 23.9 Å². The molecule has 3 aliphatic heterocycles. The first-order valence-corrected chi connectivity index (χ1v) is 15.9. The van der Waals surface area contributed by atoms with E-state index in [0.29, 0.717) is 5.56 Å². The zero-order valence-corrected chi connectivity index (χ0v) is 27.4. The summed E-state index contributed by atoms with van der Waals surface area (Å²) in [5.74, 6) is -6.59. The fourth-order valence-electron chi connectivity index (χ4n) is 11.9. The summed E-state index contributed by atoms with van der Waals surface area (Å²) in [6, 6.07) is 1.60. The van der Waals surface area contributed by atoms with E-state index in [1.807, 2.05) is 0 Å². The maximum absolute atomic E-state index is 13.6.